The number of carbonyl (C=O) groups is 1. The second-order valence-electron chi connectivity index (χ2n) is 4.41. The fourth-order valence-corrected chi connectivity index (χ4v) is 1.69. The fraction of sp³-hybridized carbons (Fsp3) is 0.643. The smallest absolute Gasteiger partial charge is 0.328 e. The van der Waals surface area contributed by atoms with Crippen LogP contribution in [0.5, 0.6) is 0 Å². The highest BCUT2D eigenvalue weighted by Gasteiger charge is 1.96. The van der Waals surface area contributed by atoms with Gasteiger partial charge < -0.3 is 5.11 Å². The third-order valence-corrected chi connectivity index (χ3v) is 2.48. The molecule has 0 aliphatic carbocycles. The van der Waals surface area contributed by atoms with Crippen molar-refractivity contribution in [3.63, 3.8) is 0 Å². The normalized spacial score (nSPS) is 12.9. The Morgan fingerprint density at radius 1 is 1.12 bits per heavy atom. The molecule has 0 radical (unpaired) electrons. The number of rotatable bonds is 8. The molecule has 0 bridgehead atoms. The molecule has 2 heteroatoms. The Labute approximate surface area is 99.1 Å². The predicted molar refractivity (Wildman–Crippen MR) is 68.5 cm³/mol. The zero-order chi connectivity index (χ0) is 12.4. The Morgan fingerprint density at radius 2 is 1.81 bits per heavy atom. The van der Waals surface area contributed by atoms with E-state index in [-0.39, 0.29) is 0 Å². The van der Waals surface area contributed by atoms with Gasteiger partial charge >= 0.3 is 5.97 Å². The first-order chi connectivity index (χ1) is 7.56. The monoisotopic (exact) mass is 224 g/mol. The molecule has 0 spiro atoms. The Morgan fingerprint density at radius 3 is 2.38 bits per heavy atom. The summed E-state index contributed by atoms with van der Waals surface area (Å²) < 4.78 is 0. The summed E-state index contributed by atoms with van der Waals surface area (Å²) in [6.07, 6.45) is 10.5. The van der Waals surface area contributed by atoms with Crippen molar-refractivity contribution < 1.29 is 9.90 Å². The van der Waals surface area contributed by atoms with E-state index in [1.807, 2.05) is 6.92 Å². The minimum atomic E-state index is -0.853. The van der Waals surface area contributed by atoms with Gasteiger partial charge in [0, 0.05) is 6.08 Å². The van der Waals surface area contributed by atoms with Crippen LogP contribution in [0.15, 0.2) is 23.3 Å². The number of hydrogen-bond acceptors (Lipinski definition) is 1. The van der Waals surface area contributed by atoms with Crippen LogP contribution in [0.2, 0.25) is 0 Å². The van der Waals surface area contributed by atoms with E-state index >= 15 is 0 Å². The SMILES string of the molecule is CCCCCC/C=C(\C)C/C(C)=C/C(=O)O. The first-order valence-electron chi connectivity index (χ1n) is 6.12. The van der Waals surface area contributed by atoms with Crippen LogP contribution in [0, 0.1) is 0 Å². The predicted octanol–water partition coefficient (Wildman–Crippen LogP) is 4.32. The maximum absolute atomic E-state index is 10.4. The van der Waals surface area contributed by atoms with Crippen LogP contribution in [0.4, 0.5) is 0 Å². The maximum atomic E-state index is 10.4. The highest BCUT2D eigenvalue weighted by molar-refractivity contribution is 5.80. The van der Waals surface area contributed by atoms with E-state index in [2.05, 4.69) is 19.9 Å². The van der Waals surface area contributed by atoms with Crippen LogP contribution in [0.25, 0.3) is 0 Å². The van der Waals surface area contributed by atoms with Gasteiger partial charge in [0.2, 0.25) is 0 Å². The average molecular weight is 224 g/mol. The van der Waals surface area contributed by atoms with E-state index in [9.17, 15) is 4.79 Å². The van der Waals surface area contributed by atoms with Gasteiger partial charge in [0.1, 0.15) is 0 Å². The molecule has 0 aliphatic heterocycles. The van der Waals surface area contributed by atoms with Crippen molar-refractivity contribution in [2.24, 2.45) is 0 Å². The van der Waals surface area contributed by atoms with Crippen LogP contribution < -0.4 is 0 Å². The summed E-state index contributed by atoms with van der Waals surface area (Å²) in [4.78, 5) is 10.4. The summed E-state index contributed by atoms with van der Waals surface area (Å²) in [7, 11) is 0. The largest absolute Gasteiger partial charge is 0.478 e. The summed E-state index contributed by atoms with van der Waals surface area (Å²) in [5.74, 6) is -0.853. The lowest BCUT2D eigenvalue weighted by Gasteiger charge is -2.01. The van der Waals surface area contributed by atoms with E-state index in [4.69, 9.17) is 5.11 Å². The van der Waals surface area contributed by atoms with Crippen molar-refractivity contribution in [3.05, 3.63) is 23.3 Å². The van der Waals surface area contributed by atoms with Crippen LogP contribution >= 0.6 is 0 Å². The molecule has 0 rings (SSSR count). The Hall–Kier alpha value is -1.05. The van der Waals surface area contributed by atoms with Crippen LogP contribution in [0.1, 0.15) is 59.3 Å². The van der Waals surface area contributed by atoms with Gasteiger partial charge in [-0.2, -0.15) is 0 Å². The lowest BCUT2D eigenvalue weighted by molar-refractivity contribution is -0.131. The van der Waals surface area contributed by atoms with E-state index in [0.29, 0.717) is 0 Å². The summed E-state index contributed by atoms with van der Waals surface area (Å²) in [6, 6.07) is 0. The Kier molecular flexibility index (Phi) is 8.59. The molecular weight excluding hydrogens is 200 g/mol. The molecule has 0 atom stereocenters. The molecule has 16 heavy (non-hydrogen) atoms. The Balaban J connectivity index is 3.82. The minimum Gasteiger partial charge on any atom is -0.478 e. The van der Waals surface area contributed by atoms with Gasteiger partial charge in [0.05, 0.1) is 0 Å². The van der Waals surface area contributed by atoms with E-state index < -0.39 is 5.97 Å². The van der Waals surface area contributed by atoms with Crippen LogP contribution in [0.3, 0.4) is 0 Å². The number of carboxylic acids is 1. The quantitative estimate of drug-likeness (QED) is 0.378. The number of unbranched alkanes of at least 4 members (excludes halogenated alkanes) is 4. The van der Waals surface area contributed by atoms with Gasteiger partial charge in [-0.1, -0.05) is 43.4 Å². The van der Waals surface area contributed by atoms with E-state index in [1.54, 1.807) is 0 Å². The van der Waals surface area contributed by atoms with Crippen molar-refractivity contribution in [1.82, 2.24) is 0 Å². The van der Waals surface area contributed by atoms with Gasteiger partial charge in [0.15, 0.2) is 0 Å². The first kappa shape index (κ1) is 14.9. The average Bonchev–Trinajstić information content (AvgIpc) is 2.15. The van der Waals surface area contributed by atoms with Crippen molar-refractivity contribution in [1.29, 1.82) is 0 Å². The van der Waals surface area contributed by atoms with Crippen molar-refractivity contribution in [2.45, 2.75) is 59.3 Å². The lowest BCUT2D eigenvalue weighted by Crippen LogP contribution is -1.90. The van der Waals surface area contributed by atoms with Crippen molar-refractivity contribution >= 4 is 5.97 Å². The van der Waals surface area contributed by atoms with Gasteiger partial charge in [-0.25, -0.2) is 4.79 Å². The number of carboxylic acid groups (broad SMARTS) is 1. The summed E-state index contributed by atoms with van der Waals surface area (Å²) in [5.41, 5.74) is 2.18. The molecule has 92 valence electrons. The molecule has 0 unspecified atom stereocenters. The third-order valence-electron chi connectivity index (χ3n) is 2.48. The summed E-state index contributed by atoms with van der Waals surface area (Å²) in [6.45, 7) is 6.14. The number of allylic oxidation sites excluding steroid dienone is 3. The zero-order valence-electron chi connectivity index (χ0n) is 10.8. The van der Waals surface area contributed by atoms with Crippen molar-refractivity contribution in [3.8, 4) is 0 Å². The van der Waals surface area contributed by atoms with E-state index in [0.717, 1.165) is 18.4 Å². The highest BCUT2D eigenvalue weighted by atomic mass is 16.4. The van der Waals surface area contributed by atoms with Crippen LogP contribution in [-0.2, 0) is 4.79 Å². The van der Waals surface area contributed by atoms with Gasteiger partial charge in [-0.05, 0) is 33.1 Å². The molecule has 0 aromatic heterocycles. The second kappa shape index (κ2) is 9.20. The molecule has 0 fully saturated rings. The molecule has 0 amide bonds. The minimum absolute atomic E-state index is 0.778. The molecule has 1 N–H and O–H groups in total. The topological polar surface area (TPSA) is 37.3 Å². The second-order valence-corrected chi connectivity index (χ2v) is 4.41. The first-order valence-corrected chi connectivity index (χ1v) is 6.12. The summed E-state index contributed by atoms with van der Waals surface area (Å²) >= 11 is 0. The highest BCUT2D eigenvalue weighted by Crippen LogP contribution is 2.12. The zero-order valence-corrected chi connectivity index (χ0v) is 10.8. The maximum Gasteiger partial charge on any atom is 0.328 e. The van der Waals surface area contributed by atoms with E-state index in [1.165, 1.54) is 37.3 Å². The molecule has 2 nitrogen and oxygen atoms in total. The number of aliphatic carboxylic acids is 1. The molecule has 0 aliphatic rings. The fourth-order valence-electron chi connectivity index (χ4n) is 1.69. The molecule has 0 aromatic carbocycles. The van der Waals surface area contributed by atoms with Crippen molar-refractivity contribution in [2.75, 3.05) is 0 Å². The van der Waals surface area contributed by atoms with Crippen LogP contribution in [-0.4, -0.2) is 11.1 Å². The van der Waals surface area contributed by atoms with Gasteiger partial charge in [-0.3, -0.25) is 0 Å². The number of hydrogen-bond donors (Lipinski definition) is 1. The molecule has 0 saturated heterocycles. The molecule has 0 heterocycles. The summed E-state index contributed by atoms with van der Waals surface area (Å²) in [5, 5.41) is 8.57. The third kappa shape index (κ3) is 9.50. The van der Waals surface area contributed by atoms with Gasteiger partial charge in [-0.15, -0.1) is 0 Å². The molecular formula is C14H24O2. The standard InChI is InChI=1S/C14H24O2/c1-4-5-6-7-8-9-12(2)10-13(3)11-14(15)16/h9,11H,4-8,10H2,1-3H3,(H,15,16)/b12-9+,13-11+. The van der Waals surface area contributed by atoms with Gasteiger partial charge in [0.25, 0.3) is 0 Å². The molecule has 0 saturated carbocycles. The molecule has 0 aromatic rings. The lowest BCUT2D eigenvalue weighted by atomic mass is 10.1. The Bertz CT molecular complexity index is 262.